The predicted molar refractivity (Wildman–Crippen MR) is 68.9 cm³/mol. The molecule has 0 bridgehead atoms. The van der Waals surface area contributed by atoms with E-state index in [0.29, 0.717) is 0 Å². The highest BCUT2D eigenvalue weighted by atomic mass is 16.4. The maximum absolute atomic E-state index is 10.9. The summed E-state index contributed by atoms with van der Waals surface area (Å²) in [5.74, 6) is -0.112. The first-order valence-electron chi connectivity index (χ1n) is 5.72. The molecule has 2 rings (SSSR count). The van der Waals surface area contributed by atoms with Crippen molar-refractivity contribution in [1.29, 1.82) is 0 Å². The Morgan fingerprint density at radius 1 is 1.39 bits per heavy atom. The van der Waals surface area contributed by atoms with Crippen molar-refractivity contribution in [1.82, 2.24) is 0 Å². The Morgan fingerprint density at radius 3 is 2.78 bits per heavy atom. The molecule has 4 nitrogen and oxygen atoms in total. The zero-order chi connectivity index (χ0) is 13.1. The number of benzene rings is 1. The van der Waals surface area contributed by atoms with Crippen molar-refractivity contribution >= 4 is 11.7 Å². The van der Waals surface area contributed by atoms with Gasteiger partial charge in [0.2, 0.25) is 0 Å². The van der Waals surface area contributed by atoms with E-state index in [9.17, 15) is 4.79 Å². The van der Waals surface area contributed by atoms with Gasteiger partial charge in [-0.1, -0.05) is 6.07 Å². The van der Waals surface area contributed by atoms with E-state index in [4.69, 9.17) is 9.52 Å². The number of aromatic carboxylic acids is 1. The van der Waals surface area contributed by atoms with Crippen LogP contribution in [0.25, 0.3) is 0 Å². The second kappa shape index (κ2) is 4.96. The Kier molecular flexibility index (Phi) is 3.37. The van der Waals surface area contributed by atoms with Gasteiger partial charge < -0.3 is 14.8 Å². The first kappa shape index (κ1) is 12.2. The van der Waals surface area contributed by atoms with Gasteiger partial charge in [0.25, 0.3) is 0 Å². The van der Waals surface area contributed by atoms with Crippen LogP contribution in [0.4, 0.5) is 5.69 Å². The van der Waals surface area contributed by atoms with Crippen LogP contribution in [0.5, 0.6) is 0 Å². The Morgan fingerprint density at radius 2 is 2.17 bits per heavy atom. The molecule has 0 aliphatic rings. The smallest absolute Gasteiger partial charge is 0.335 e. The van der Waals surface area contributed by atoms with Crippen LogP contribution in [0.15, 0.2) is 41.0 Å². The van der Waals surface area contributed by atoms with E-state index < -0.39 is 5.97 Å². The average Bonchev–Trinajstić information content (AvgIpc) is 2.85. The maximum Gasteiger partial charge on any atom is 0.335 e. The van der Waals surface area contributed by atoms with E-state index in [1.165, 1.54) is 0 Å². The second-order valence-corrected chi connectivity index (χ2v) is 4.22. The molecule has 0 fully saturated rings. The van der Waals surface area contributed by atoms with Crippen LogP contribution < -0.4 is 5.32 Å². The largest absolute Gasteiger partial charge is 0.478 e. The third-order valence-electron chi connectivity index (χ3n) is 2.83. The van der Waals surface area contributed by atoms with Crippen LogP contribution in [0.1, 0.15) is 34.6 Å². The SMILES string of the molecule is Cc1ccc(C(=O)O)cc1NC(C)c1ccco1. The van der Waals surface area contributed by atoms with E-state index in [2.05, 4.69) is 5.32 Å². The topological polar surface area (TPSA) is 62.5 Å². The molecule has 1 unspecified atom stereocenters. The molecule has 0 aliphatic heterocycles. The highest BCUT2D eigenvalue weighted by molar-refractivity contribution is 5.89. The van der Waals surface area contributed by atoms with Crippen LogP contribution in [0.3, 0.4) is 0 Å². The minimum Gasteiger partial charge on any atom is -0.478 e. The average molecular weight is 245 g/mol. The molecule has 1 heterocycles. The van der Waals surface area contributed by atoms with Gasteiger partial charge in [0.15, 0.2) is 0 Å². The van der Waals surface area contributed by atoms with Gasteiger partial charge in [-0.05, 0) is 43.7 Å². The third kappa shape index (κ3) is 2.53. The zero-order valence-electron chi connectivity index (χ0n) is 10.3. The highest BCUT2D eigenvalue weighted by Crippen LogP contribution is 2.23. The zero-order valence-corrected chi connectivity index (χ0v) is 10.3. The summed E-state index contributed by atoms with van der Waals surface area (Å²) in [7, 11) is 0. The summed E-state index contributed by atoms with van der Waals surface area (Å²) in [6.45, 7) is 3.90. The van der Waals surface area contributed by atoms with Crippen LogP contribution in [0.2, 0.25) is 0 Å². The predicted octanol–water partition coefficient (Wildman–Crippen LogP) is 3.46. The normalized spacial score (nSPS) is 12.1. The molecule has 1 aromatic carbocycles. The van der Waals surface area contributed by atoms with E-state index in [1.54, 1.807) is 24.5 Å². The van der Waals surface area contributed by atoms with Crippen molar-refractivity contribution < 1.29 is 14.3 Å². The molecule has 1 atom stereocenters. The standard InChI is InChI=1S/C14H15NO3/c1-9-5-6-11(14(16)17)8-12(9)15-10(2)13-4-3-7-18-13/h3-8,10,15H,1-2H3,(H,16,17). The maximum atomic E-state index is 10.9. The number of furan rings is 1. The number of aryl methyl sites for hydroxylation is 1. The number of anilines is 1. The quantitative estimate of drug-likeness (QED) is 0.865. The molecule has 94 valence electrons. The Bertz CT molecular complexity index is 546. The lowest BCUT2D eigenvalue weighted by molar-refractivity contribution is 0.0697. The molecule has 0 radical (unpaired) electrons. The van der Waals surface area contributed by atoms with Gasteiger partial charge in [0, 0.05) is 5.69 Å². The number of nitrogens with one attached hydrogen (secondary N) is 1. The van der Waals surface area contributed by atoms with Gasteiger partial charge >= 0.3 is 5.97 Å². The van der Waals surface area contributed by atoms with Crippen LogP contribution in [-0.4, -0.2) is 11.1 Å². The number of hydrogen-bond donors (Lipinski definition) is 2. The lowest BCUT2D eigenvalue weighted by Gasteiger charge is -2.15. The van der Waals surface area contributed by atoms with E-state index in [-0.39, 0.29) is 11.6 Å². The first-order valence-corrected chi connectivity index (χ1v) is 5.72. The number of carboxylic acid groups (broad SMARTS) is 1. The molecular weight excluding hydrogens is 230 g/mol. The summed E-state index contributed by atoms with van der Waals surface area (Å²) in [4.78, 5) is 10.9. The third-order valence-corrected chi connectivity index (χ3v) is 2.83. The van der Waals surface area contributed by atoms with E-state index in [0.717, 1.165) is 17.0 Å². The summed E-state index contributed by atoms with van der Waals surface area (Å²) >= 11 is 0. The molecule has 0 saturated heterocycles. The second-order valence-electron chi connectivity index (χ2n) is 4.22. The monoisotopic (exact) mass is 245 g/mol. The molecule has 0 aliphatic carbocycles. The van der Waals surface area contributed by atoms with Crippen LogP contribution in [-0.2, 0) is 0 Å². The summed E-state index contributed by atoms with van der Waals surface area (Å²) in [6.07, 6.45) is 1.62. The van der Waals surface area contributed by atoms with Gasteiger partial charge in [-0.2, -0.15) is 0 Å². The fourth-order valence-corrected chi connectivity index (χ4v) is 1.75. The van der Waals surface area contributed by atoms with Gasteiger partial charge in [-0.15, -0.1) is 0 Å². The lowest BCUT2D eigenvalue weighted by atomic mass is 10.1. The number of rotatable bonds is 4. The van der Waals surface area contributed by atoms with Gasteiger partial charge in [0.05, 0.1) is 17.9 Å². The van der Waals surface area contributed by atoms with Crippen LogP contribution in [0, 0.1) is 6.92 Å². The van der Waals surface area contributed by atoms with Crippen LogP contribution >= 0.6 is 0 Å². The van der Waals surface area contributed by atoms with Gasteiger partial charge in [-0.25, -0.2) is 4.79 Å². The Labute approximate surface area is 105 Å². The Hall–Kier alpha value is -2.23. The first-order chi connectivity index (χ1) is 8.58. The number of carbonyl (C=O) groups is 1. The summed E-state index contributed by atoms with van der Waals surface area (Å²) < 4.78 is 5.31. The summed E-state index contributed by atoms with van der Waals surface area (Å²) in [5.41, 5.74) is 2.08. The van der Waals surface area contributed by atoms with Crippen molar-refractivity contribution in [3.05, 3.63) is 53.5 Å². The lowest BCUT2D eigenvalue weighted by Crippen LogP contribution is -2.08. The van der Waals surface area contributed by atoms with E-state index in [1.807, 2.05) is 26.0 Å². The number of carboxylic acids is 1. The molecule has 1 aromatic heterocycles. The molecule has 0 amide bonds. The molecular formula is C14H15NO3. The summed E-state index contributed by atoms with van der Waals surface area (Å²) in [6, 6.07) is 8.73. The summed E-state index contributed by atoms with van der Waals surface area (Å²) in [5, 5.41) is 12.2. The fourth-order valence-electron chi connectivity index (χ4n) is 1.75. The van der Waals surface area contributed by atoms with Gasteiger partial charge in [0.1, 0.15) is 5.76 Å². The fraction of sp³-hybridized carbons (Fsp3) is 0.214. The molecule has 2 aromatic rings. The van der Waals surface area contributed by atoms with Crippen molar-refractivity contribution in [3.63, 3.8) is 0 Å². The van der Waals surface area contributed by atoms with E-state index >= 15 is 0 Å². The molecule has 4 heteroatoms. The molecule has 0 saturated carbocycles. The van der Waals surface area contributed by atoms with Crippen molar-refractivity contribution in [2.24, 2.45) is 0 Å². The molecule has 18 heavy (non-hydrogen) atoms. The Balaban J connectivity index is 2.23. The minimum atomic E-state index is -0.927. The molecule has 0 spiro atoms. The minimum absolute atomic E-state index is 0.0113. The van der Waals surface area contributed by atoms with Crippen molar-refractivity contribution in [2.45, 2.75) is 19.9 Å². The van der Waals surface area contributed by atoms with Crippen molar-refractivity contribution in [3.8, 4) is 0 Å². The number of hydrogen-bond acceptors (Lipinski definition) is 3. The highest BCUT2D eigenvalue weighted by Gasteiger charge is 2.11. The molecule has 2 N–H and O–H groups in total. The van der Waals surface area contributed by atoms with Crippen molar-refractivity contribution in [2.75, 3.05) is 5.32 Å². The van der Waals surface area contributed by atoms with Gasteiger partial charge in [-0.3, -0.25) is 0 Å².